The second kappa shape index (κ2) is 7.93. The lowest BCUT2D eigenvalue weighted by atomic mass is 9.73. The van der Waals surface area contributed by atoms with E-state index in [4.69, 9.17) is 4.74 Å². The number of amides is 1. The molecule has 3 saturated heterocycles. The Bertz CT molecular complexity index is 804. The van der Waals surface area contributed by atoms with Crippen LogP contribution in [0.3, 0.4) is 0 Å². The number of benzene rings is 1. The molecule has 0 aromatic heterocycles. The van der Waals surface area contributed by atoms with Crippen molar-refractivity contribution in [1.82, 2.24) is 4.90 Å². The van der Waals surface area contributed by atoms with E-state index in [1.807, 2.05) is 19.1 Å². The fourth-order valence-corrected chi connectivity index (χ4v) is 5.28. The highest BCUT2D eigenvalue weighted by Crippen LogP contribution is 2.43. The molecule has 2 bridgehead atoms. The average molecular weight is 408 g/mol. The van der Waals surface area contributed by atoms with Crippen LogP contribution in [-0.4, -0.2) is 63.0 Å². The van der Waals surface area contributed by atoms with Crippen molar-refractivity contribution < 1.29 is 17.9 Å². The van der Waals surface area contributed by atoms with E-state index in [1.54, 1.807) is 4.90 Å². The Morgan fingerprint density at radius 1 is 1.21 bits per heavy atom. The lowest BCUT2D eigenvalue weighted by molar-refractivity contribution is -0.128. The Morgan fingerprint density at radius 2 is 1.89 bits per heavy atom. The number of sulfone groups is 1. The number of hydrogen-bond acceptors (Lipinski definition) is 5. The molecule has 1 amide bonds. The largest absolute Gasteiger partial charge is 0.494 e. The summed E-state index contributed by atoms with van der Waals surface area (Å²) in [6.45, 7) is 12.5. The van der Waals surface area contributed by atoms with Crippen molar-refractivity contribution in [2.75, 3.05) is 42.6 Å². The van der Waals surface area contributed by atoms with E-state index >= 15 is 0 Å². The van der Waals surface area contributed by atoms with Crippen LogP contribution in [0.15, 0.2) is 24.3 Å². The molecule has 6 nitrogen and oxygen atoms in total. The quantitative estimate of drug-likeness (QED) is 0.724. The van der Waals surface area contributed by atoms with Crippen molar-refractivity contribution in [3.05, 3.63) is 31.2 Å². The molecule has 3 fully saturated rings. The van der Waals surface area contributed by atoms with Crippen LogP contribution in [0.2, 0.25) is 0 Å². The third-order valence-electron chi connectivity index (χ3n) is 5.91. The van der Waals surface area contributed by atoms with Crippen LogP contribution in [0.4, 0.5) is 5.69 Å². The number of hydrogen-bond donors (Lipinski definition) is 0. The number of fused-ring (bicyclic) bond motifs is 4. The Hall–Kier alpha value is -1.76. The predicted molar refractivity (Wildman–Crippen MR) is 111 cm³/mol. The molecule has 2 atom stereocenters. The fraction of sp³-hybridized carbons (Fsp3) is 0.619. The van der Waals surface area contributed by atoms with Gasteiger partial charge in [-0.25, -0.2) is 8.42 Å². The highest BCUT2D eigenvalue weighted by atomic mass is 32.2. The summed E-state index contributed by atoms with van der Waals surface area (Å²) in [6, 6.07) is 8.24. The molecule has 1 aromatic carbocycles. The Balaban J connectivity index is 1.83. The van der Waals surface area contributed by atoms with Gasteiger partial charge in [-0.1, -0.05) is 13.8 Å². The number of piperidine rings is 1. The van der Waals surface area contributed by atoms with E-state index in [-0.39, 0.29) is 23.1 Å². The number of anilines is 1. The molecule has 0 saturated carbocycles. The van der Waals surface area contributed by atoms with Crippen LogP contribution in [0.1, 0.15) is 27.2 Å². The molecule has 155 valence electrons. The van der Waals surface area contributed by atoms with Gasteiger partial charge in [0.1, 0.15) is 11.5 Å². The first kappa shape index (κ1) is 21.0. The lowest BCUT2D eigenvalue weighted by Crippen LogP contribution is -2.54. The molecule has 28 heavy (non-hydrogen) atoms. The minimum absolute atomic E-state index is 0.0295. The molecule has 1 radical (unpaired) electrons. The normalized spacial score (nSPS) is 24.1. The maximum atomic E-state index is 12.7. The lowest BCUT2D eigenvalue weighted by Gasteiger charge is -2.48. The Labute approximate surface area is 168 Å². The zero-order chi connectivity index (χ0) is 20.5. The third kappa shape index (κ3) is 4.45. The molecule has 0 spiro atoms. The predicted octanol–water partition coefficient (Wildman–Crippen LogP) is 2.40. The van der Waals surface area contributed by atoms with Gasteiger partial charge in [0.05, 0.1) is 18.4 Å². The molecule has 1 aromatic rings. The summed E-state index contributed by atoms with van der Waals surface area (Å²) in [5, 5.41) is 0. The van der Waals surface area contributed by atoms with E-state index in [9.17, 15) is 13.2 Å². The second-order valence-electron chi connectivity index (χ2n) is 8.54. The number of ether oxygens (including phenoxy) is 1. The summed E-state index contributed by atoms with van der Waals surface area (Å²) in [4.78, 5) is 16.8. The van der Waals surface area contributed by atoms with Gasteiger partial charge in [0.2, 0.25) is 5.91 Å². The summed E-state index contributed by atoms with van der Waals surface area (Å²) in [5.41, 5.74) is 1.15. The molecular weight excluding hydrogens is 376 g/mol. The van der Waals surface area contributed by atoms with E-state index in [0.29, 0.717) is 25.6 Å². The zero-order valence-electron chi connectivity index (χ0n) is 17.1. The van der Waals surface area contributed by atoms with Crippen molar-refractivity contribution in [3.8, 4) is 5.75 Å². The van der Waals surface area contributed by atoms with Crippen LogP contribution in [0.5, 0.6) is 5.75 Å². The minimum atomic E-state index is -3.43. The number of nitrogens with zero attached hydrogens (tertiary/aromatic N) is 2. The van der Waals surface area contributed by atoms with E-state index in [2.05, 4.69) is 37.8 Å². The van der Waals surface area contributed by atoms with Gasteiger partial charge in [-0.15, -0.1) is 0 Å². The van der Waals surface area contributed by atoms with Gasteiger partial charge in [-0.3, -0.25) is 4.79 Å². The first-order valence-corrected chi connectivity index (χ1v) is 11.7. The monoisotopic (exact) mass is 407 g/mol. The number of carbonyl (C=O) groups is 1. The van der Waals surface area contributed by atoms with Crippen LogP contribution < -0.4 is 9.64 Å². The zero-order valence-corrected chi connectivity index (χ0v) is 17.9. The van der Waals surface area contributed by atoms with Crippen molar-refractivity contribution in [2.45, 2.75) is 33.2 Å². The van der Waals surface area contributed by atoms with E-state index < -0.39 is 15.6 Å². The molecular formula is C21H31N2O4S. The summed E-state index contributed by atoms with van der Waals surface area (Å²) in [6.07, 6.45) is 1.02. The SMILES string of the molecule is [CH2]CS(=O)(=O)CC(=O)N1C[C@@H]2CN(c3ccc(OCC)cc3)[C@H](C1)C(C)(C)C2. The van der Waals surface area contributed by atoms with Crippen molar-refractivity contribution in [3.63, 3.8) is 0 Å². The van der Waals surface area contributed by atoms with Crippen LogP contribution in [0, 0.1) is 18.3 Å². The number of rotatable bonds is 6. The fourth-order valence-electron chi connectivity index (χ4n) is 4.58. The standard InChI is InChI=1S/C21H31N2O4S/c1-5-27-18-9-7-17(8-10-18)23-13-16-11-21(3,4)19(23)14-22(12-16)20(24)15-28(25,26)6-2/h7-10,16,19H,2,5-6,11-15H2,1,3-4H3/t16-,19-/m1/s1. The highest BCUT2D eigenvalue weighted by molar-refractivity contribution is 7.92. The Kier molecular flexibility index (Phi) is 5.94. The summed E-state index contributed by atoms with van der Waals surface area (Å²) < 4.78 is 29.3. The van der Waals surface area contributed by atoms with Gasteiger partial charge < -0.3 is 14.5 Å². The third-order valence-corrected chi connectivity index (χ3v) is 7.22. The minimum Gasteiger partial charge on any atom is -0.494 e. The summed E-state index contributed by atoms with van der Waals surface area (Å²) in [7, 11) is -3.43. The van der Waals surface area contributed by atoms with Gasteiger partial charge in [-0.05, 0) is 55.9 Å². The topological polar surface area (TPSA) is 66.9 Å². The van der Waals surface area contributed by atoms with Gasteiger partial charge >= 0.3 is 0 Å². The molecule has 0 aliphatic carbocycles. The van der Waals surface area contributed by atoms with E-state index in [1.165, 1.54) is 0 Å². The summed E-state index contributed by atoms with van der Waals surface area (Å²) in [5.74, 6) is 0.167. The molecule has 7 heteroatoms. The average Bonchev–Trinajstić information content (AvgIpc) is 2.89. The van der Waals surface area contributed by atoms with Crippen LogP contribution in [0.25, 0.3) is 0 Å². The first-order chi connectivity index (χ1) is 13.1. The maximum absolute atomic E-state index is 12.7. The van der Waals surface area contributed by atoms with Crippen LogP contribution in [-0.2, 0) is 14.6 Å². The van der Waals surface area contributed by atoms with Crippen molar-refractivity contribution in [2.24, 2.45) is 11.3 Å². The number of carbonyl (C=O) groups excluding carboxylic acids is 1. The van der Waals surface area contributed by atoms with E-state index in [0.717, 1.165) is 24.4 Å². The van der Waals surface area contributed by atoms with Gasteiger partial charge in [0, 0.05) is 25.3 Å². The molecule has 0 N–H and O–H groups in total. The van der Waals surface area contributed by atoms with Gasteiger partial charge in [-0.2, -0.15) is 0 Å². The molecule has 3 aliphatic rings. The van der Waals surface area contributed by atoms with Gasteiger partial charge in [0.25, 0.3) is 0 Å². The highest BCUT2D eigenvalue weighted by Gasteiger charge is 2.46. The van der Waals surface area contributed by atoms with Crippen molar-refractivity contribution >= 4 is 21.4 Å². The molecule has 0 unspecified atom stereocenters. The molecule has 3 aliphatic heterocycles. The first-order valence-electron chi connectivity index (χ1n) is 9.92. The molecule has 3 heterocycles. The van der Waals surface area contributed by atoms with Gasteiger partial charge in [0.15, 0.2) is 9.84 Å². The molecule has 4 rings (SSSR count). The maximum Gasteiger partial charge on any atom is 0.237 e. The van der Waals surface area contributed by atoms with Crippen LogP contribution >= 0.6 is 0 Å². The smallest absolute Gasteiger partial charge is 0.237 e. The van der Waals surface area contributed by atoms with Crippen molar-refractivity contribution in [1.29, 1.82) is 0 Å². The summed E-state index contributed by atoms with van der Waals surface area (Å²) >= 11 is 0. The second-order valence-corrected chi connectivity index (χ2v) is 10.7. The Morgan fingerprint density at radius 3 is 2.50 bits per heavy atom.